The first-order valence-electron chi connectivity index (χ1n) is 8.84. The second kappa shape index (κ2) is 8.16. The molecule has 0 radical (unpaired) electrons. The van der Waals surface area contributed by atoms with Crippen LogP contribution in [-0.4, -0.2) is 55.3 Å². The number of ether oxygens (including phenoxy) is 2. The van der Waals surface area contributed by atoms with E-state index in [0.717, 1.165) is 0 Å². The minimum atomic E-state index is -0.636. The largest absolute Gasteiger partial charge is 0.507 e. The summed E-state index contributed by atoms with van der Waals surface area (Å²) in [6.07, 6.45) is 0.0918. The molecule has 0 saturated carbocycles. The van der Waals surface area contributed by atoms with Crippen LogP contribution in [0.5, 0.6) is 17.2 Å². The third kappa shape index (κ3) is 4.19. The Morgan fingerprint density at radius 2 is 1.47 bits per heavy atom. The van der Waals surface area contributed by atoms with E-state index in [-0.39, 0.29) is 28.0 Å². The summed E-state index contributed by atoms with van der Waals surface area (Å²) in [7, 11) is 6.16. The molecule has 0 unspecified atom stereocenters. The molecule has 156 valence electrons. The maximum absolute atomic E-state index is 12.9. The Labute approximate surface area is 171 Å². The van der Waals surface area contributed by atoms with Crippen LogP contribution in [0.15, 0.2) is 51.9 Å². The maximum atomic E-state index is 12.9. The Bertz CT molecular complexity index is 1160. The fraction of sp³-hybridized carbons (Fsp3) is 0.190. The third-order valence-electron chi connectivity index (χ3n) is 4.14. The van der Waals surface area contributed by atoms with Crippen LogP contribution in [0.1, 0.15) is 0 Å². The fourth-order valence-corrected chi connectivity index (χ4v) is 2.55. The summed E-state index contributed by atoms with van der Waals surface area (Å²) in [4.78, 5) is 38.7. The monoisotopic (exact) mass is 412 g/mol. The van der Waals surface area contributed by atoms with E-state index in [1.165, 1.54) is 42.3 Å². The van der Waals surface area contributed by atoms with Gasteiger partial charge in [-0.05, 0) is 17.7 Å². The summed E-state index contributed by atoms with van der Waals surface area (Å²) in [6.45, 7) is 0. The van der Waals surface area contributed by atoms with Crippen LogP contribution < -0.4 is 14.9 Å². The zero-order valence-electron chi connectivity index (χ0n) is 16.8. The minimum Gasteiger partial charge on any atom is -0.507 e. The van der Waals surface area contributed by atoms with Crippen molar-refractivity contribution in [2.75, 3.05) is 28.2 Å². The Kier molecular flexibility index (Phi) is 5.63. The molecule has 1 N–H and O–H groups in total. The summed E-state index contributed by atoms with van der Waals surface area (Å²) >= 11 is 0. The van der Waals surface area contributed by atoms with E-state index in [9.17, 15) is 19.5 Å². The van der Waals surface area contributed by atoms with Gasteiger partial charge < -0.3 is 28.8 Å². The van der Waals surface area contributed by atoms with Crippen LogP contribution in [0.4, 0.5) is 9.59 Å². The van der Waals surface area contributed by atoms with Crippen molar-refractivity contribution in [1.29, 1.82) is 0 Å². The van der Waals surface area contributed by atoms with Crippen molar-refractivity contribution in [2.45, 2.75) is 0 Å². The van der Waals surface area contributed by atoms with Crippen molar-refractivity contribution in [3.63, 3.8) is 0 Å². The predicted molar refractivity (Wildman–Crippen MR) is 109 cm³/mol. The molecule has 9 heteroatoms. The molecule has 2 amide bonds. The standard InChI is InChI=1S/C21H20N2O7/c1-22(2)20(26)29-13-7-5-12(6-8-13)15-11-28-17-10-14(30-21(27)23(3)4)9-16(24)18(17)19(15)25/h5-11,24H,1-4H3. The molecule has 3 rings (SSSR count). The number of benzene rings is 2. The normalized spacial score (nSPS) is 10.5. The number of phenolic OH excluding ortho intramolecular Hbond substituents is 1. The Hall–Kier alpha value is -4.01. The van der Waals surface area contributed by atoms with Gasteiger partial charge in [0.1, 0.15) is 34.5 Å². The molecule has 1 heterocycles. The highest BCUT2D eigenvalue weighted by Crippen LogP contribution is 2.31. The van der Waals surface area contributed by atoms with Crippen molar-refractivity contribution >= 4 is 23.2 Å². The van der Waals surface area contributed by atoms with E-state index in [2.05, 4.69) is 0 Å². The maximum Gasteiger partial charge on any atom is 0.414 e. The lowest BCUT2D eigenvalue weighted by molar-refractivity contribution is 0.171. The molecule has 0 spiro atoms. The molecule has 2 aromatic carbocycles. The molecule has 0 aliphatic rings. The van der Waals surface area contributed by atoms with E-state index >= 15 is 0 Å². The molecule has 0 atom stereocenters. The van der Waals surface area contributed by atoms with Crippen LogP contribution in [0, 0.1) is 0 Å². The number of hydrogen-bond donors (Lipinski definition) is 1. The molecular weight excluding hydrogens is 392 g/mol. The van der Waals surface area contributed by atoms with Crippen LogP contribution in [0.3, 0.4) is 0 Å². The van der Waals surface area contributed by atoms with Crippen molar-refractivity contribution in [1.82, 2.24) is 9.80 Å². The van der Waals surface area contributed by atoms with E-state index in [0.29, 0.717) is 11.3 Å². The lowest BCUT2D eigenvalue weighted by Gasteiger charge is -2.12. The van der Waals surface area contributed by atoms with E-state index in [1.807, 2.05) is 0 Å². The van der Waals surface area contributed by atoms with Crippen LogP contribution in [-0.2, 0) is 0 Å². The SMILES string of the molecule is CN(C)C(=O)Oc1ccc(-c2coc3cc(OC(=O)N(C)C)cc(O)c3c2=O)cc1. The van der Waals surface area contributed by atoms with Crippen LogP contribution in [0.2, 0.25) is 0 Å². The molecule has 0 saturated heterocycles. The van der Waals surface area contributed by atoms with Crippen molar-refractivity contribution in [3.05, 3.63) is 52.9 Å². The lowest BCUT2D eigenvalue weighted by atomic mass is 10.0. The molecule has 9 nitrogen and oxygen atoms in total. The zero-order valence-corrected chi connectivity index (χ0v) is 16.8. The van der Waals surface area contributed by atoms with Gasteiger partial charge in [-0.1, -0.05) is 12.1 Å². The van der Waals surface area contributed by atoms with Gasteiger partial charge in [-0.15, -0.1) is 0 Å². The number of aromatic hydroxyl groups is 1. The molecule has 30 heavy (non-hydrogen) atoms. The van der Waals surface area contributed by atoms with Gasteiger partial charge in [-0.25, -0.2) is 9.59 Å². The van der Waals surface area contributed by atoms with Crippen molar-refractivity contribution < 1.29 is 28.6 Å². The smallest absolute Gasteiger partial charge is 0.414 e. The third-order valence-corrected chi connectivity index (χ3v) is 4.14. The highest BCUT2D eigenvalue weighted by molar-refractivity contribution is 5.88. The Morgan fingerprint density at radius 3 is 2.03 bits per heavy atom. The number of hydrogen-bond acceptors (Lipinski definition) is 7. The topological polar surface area (TPSA) is 110 Å². The van der Waals surface area contributed by atoms with E-state index in [1.54, 1.807) is 38.4 Å². The average Bonchev–Trinajstić information content (AvgIpc) is 2.68. The van der Waals surface area contributed by atoms with E-state index in [4.69, 9.17) is 13.9 Å². The van der Waals surface area contributed by atoms with Gasteiger partial charge in [0.05, 0.1) is 5.56 Å². The van der Waals surface area contributed by atoms with Crippen LogP contribution >= 0.6 is 0 Å². The molecular formula is C21H20N2O7. The predicted octanol–water partition coefficient (Wildman–Crippen LogP) is 3.29. The van der Waals surface area contributed by atoms with Gasteiger partial charge in [-0.2, -0.15) is 0 Å². The molecule has 0 fully saturated rings. The quantitative estimate of drug-likeness (QED) is 0.703. The first-order valence-corrected chi connectivity index (χ1v) is 8.84. The highest BCUT2D eigenvalue weighted by Gasteiger charge is 2.16. The van der Waals surface area contributed by atoms with Crippen molar-refractivity contribution in [3.8, 4) is 28.4 Å². The number of carbonyl (C=O) groups excluding carboxylic acids is 2. The number of nitrogens with zero attached hydrogens (tertiary/aromatic N) is 2. The van der Waals surface area contributed by atoms with Crippen molar-refractivity contribution in [2.24, 2.45) is 0 Å². The van der Waals surface area contributed by atoms with E-state index < -0.39 is 17.6 Å². The van der Waals surface area contributed by atoms with Crippen LogP contribution in [0.25, 0.3) is 22.1 Å². The second-order valence-corrected chi connectivity index (χ2v) is 6.84. The van der Waals surface area contributed by atoms with Gasteiger partial charge in [0.25, 0.3) is 0 Å². The van der Waals surface area contributed by atoms with Gasteiger partial charge in [-0.3, -0.25) is 4.79 Å². The summed E-state index contributed by atoms with van der Waals surface area (Å²) in [5, 5.41) is 10.3. The zero-order chi connectivity index (χ0) is 22.0. The average molecular weight is 412 g/mol. The molecule has 0 aliphatic heterocycles. The Morgan fingerprint density at radius 1 is 0.900 bits per heavy atom. The molecule has 0 bridgehead atoms. The second-order valence-electron chi connectivity index (χ2n) is 6.84. The number of fused-ring (bicyclic) bond motifs is 1. The van der Waals surface area contributed by atoms with Gasteiger partial charge in [0.15, 0.2) is 0 Å². The first kappa shape index (κ1) is 20.7. The molecule has 0 aliphatic carbocycles. The summed E-state index contributed by atoms with van der Waals surface area (Å²) in [6, 6.07) is 8.81. The summed E-state index contributed by atoms with van der Waals surface area (Å²) in [5.41, 5.74) is 0.332. The number of phenols is 1. The molecule has 1 aromatic heterocycles. The molecule has 3 aromatic rings. The number of carbonyl (C=O) groups is 2. The van der Waals surface area contributed by atoms with Gasteiger partial charge in [0, 0.05) is 40.3 Å². The first-order chi connectivity index (χ1) is 14.2. The minimum absolute atomic E-state index is 0.0414. The van der Waals surface area contributed by atoms with Gasteiger partial charge >= 0.3 is 12.2 Å². The number of amides is 2. The van der Waals surface area contributed by atoms with Gasteiger partial charge in [0.2, 0.25) is 5.43 Å². The summed E-state index contributed by atoms with van der Waals surface area (Å²) in [5.74, 6) is -0.0133. The summed E-state index contributed by atoms with van der Waals surface area (Å²) < 4.78 is 15.8. The highest BCUT2D eigenvalue weighted by atomic mass is 16.6. The Balaban J connectivity index is 1.95. The fourth-order valence-electron chi connectivity index (χ4n) is 2.55. The number of rotatable bonds is 3. The lowest BCUT2D eigenvalue weighted by Crippen LogP contribution is -2.25.